The zero-order chi connectivity index (χ0) is 15.5. The minimum atomic E-state index is -1.07. The van der Waals surface area contributed by atoms with Crippen molar-refractivity contribution in [2.24, 2.45) is 11.8 Å². The summed E-state index contributed by atoms with van der Waals surface area (Å²) in [5.74, 6) is -1.44. The topological polar surface area (TPSA) is 76.1 Å². The Morgan fingerprint density at radius 1 is 1.32 bits per heavy atom. The van der Waals surface area contributed by atoms with E-state index in [1.54, 1.807) is 36.4 Å². The van der Waals surface area contributed by atoms with Crippen molar-refractivity contribution in [1.82, 2.24) is 0 Å². The molecule has 0 aromatic heterocycles. The number of aliphatic hydroxyl groups excluding tert-OH is 1. The van der Waals surface area contributed by atoms with Gasteiger partial charge >= 0.3 is 0 Å². The summed E-state index contributed by atoms with van der Waals surface area (Å²) in [5.41, 5.74) is -0.638. The molecule has 6 nitrogen and oxygen atoms in total. The molecule has 4 atom stereocenters. The Kier molecular flexibility index (Phi) is 2.70. The molecule has 6 heteroatoms. The van der Waals surface area contributed by atoms with Crippen LogP contribution in [0.3, 0.4) is 0 Å². The highest BCUT2D eigenvalue weighted by Crippen LogP contribution is 2.52. The van der Waals surface area contributed by atoms with Gasteiger partial charge in [-0.2, -0.15) is 0 Å². The Morgan fingerprint density at radius 3 is 2.82 bits per heavy atom. The van der Waals surface area contributed by atoms with Gasteiger partial charge in [-0.05, 0) is 12.1 Å². The van der Waals surface area contributed by atoms with Gasteiger partial charge in [0.1, 0.15) is 11.4 Å². The lowest BCUT2D eigenvalue weighted by Crippen LogP contribution is -2.43. The first-order valence-electron chi connectivity index (χ1n) is 7.12. The molecule has 1 N–H and O–H groups in total. The zero-order valence-corrected chi connectivity index (χ0v) is 11.9. The molecule has 22 heavy (non-hydrogen) atoms. The maximum Gasteiger partial charge on any atom is 0.241 e. The molecule has 3 aliphatic heterocycles. The van der Waals surface area contributed by atoms with Crippen molar-refractivity contribution >= 4 is 17.5 Å². The minimum Gasteiger partial charge on any atom is -0.495 e. The standard InChI is InChI=1S/C16H15NO5/c1-21-10-5-3-2-4-9(10)17-14(19)12-11-6-7-16(8-18,22-11)13(12)15(17)20/h2-7,11-13,18H,8H2,1H3/t11-,12+,13+,16-/m1/s1. The minimum absolute atomic E-state index is 0.302. The number of hydrogen-bond donors (Lipinski definition) is 1. The molecule has 2 saturated heterocycles. The van der Waals surface area contributed by atoms with E-state index >= 15 is 0 Å². The predicted octanol–water partition coefficient (Wildman–Crippen LogP) is 0.500. The number of fused-ring (bicyclic) bond motifs is 5. The van der Waals surface area contributed by atoms with Crippen LogP contribution in [0.25, 0.3) is 0 Å². The van der Waals surface area contributed by atoms with Gasteiger partial charge in [-0.3, -0.25) is 9.59 Å². The summed E-state index contributed by atoms with van der Waals surface area (Å²) in [4.78, 5) is 26.8. The van der Waals surface area contributed by atoms with Crippen LogP contribution in [0.2, 0.25) is 0 Å². The fourth-order valence-corrected chi connectivity index (χ4v) is 3.74. The highest BCUT2D eigenvalue weighted by Gasteiger charge is 2.67. The van der Waals surface area contributed by atoms with Crippen molar-refractivity contribution in [2.45, 2.75) is 11.7 Å². The molecule has 1 aromatic rings. The number of para-hydroxylation sites is 2. The van der Waals surface area contributed by atoms with E-state index in [2.05, 4.69) is 0 Å². The smallest absolute Gasteiger partial charge is 0.241 e. The monoisotopic (exact) mass is 301 g/mol. The largest absolute Gasteiger partial charge is 0.495 e. The maximum absolute atomic E-state index is 12.8. The van der Waals surface area contributed by atoms with Crippen LogP contribution in [0, 0.1) is 11.8 Å². The van der Waals surface area contributed by atoms with Gasteiger partial charge in [0.15, 0.2) is 0 Å². The number of nitrogens with zero attached hydrogens (tertiary/aromatic N) is 1. The second-order valence-electron chi connectivity index (χ2n) is 5.74. The van der Waals surface area contributed by atoms with Gasteiger partial charge in [0, 0.05) is 0 Å². The van der Waals surface area contributed by atoms with Gasteiger partial charge in [-0.1, -0.05) is 24.3 Å². The number of hydrogen-bond acceptors (Lipinski definition) is 5. The van der Waals surface area contributed by atoms with Gasteiger partial charge in [0.25, 0.3) is 0 Å². The van der Waals surface area contributed by atoms with Gasteiger partial charge in [0.05, 0.1) is 37.3 Å². The van der Waals surface area contributed by atoms with Crippen LogP contribution in [0.4, 0.5) is 5.69 Å². The first-order chi connectivity index (χ1) is 10.6. The second-order valence-corrected chi connectivity index (χ2v) is 5.74. The summed E-state index contributed by atoms with van der Waals surface area (Å²) in [5, 5.41) is 9.67. The Balaban J connectivity index is 1.80. The first kappa shape index (κ1) is 13.5. The molecule has 4 rings (SSSR count). The Morgan fingerprint density at radius 2 is 2.09 bits per heavy atom. The molecular formula is C16H15NO5. The van der Waals surface area contributed by atoms with E-state index in [9.17, 15) is 14.7 Å². The molecule has 0 radical (unpaired) electrons. The number of anilines is 1. The third-order valence-electron chi connectivity index (χ3n) is 4.73. The summed E-state index contributed by atoms with van der Waals surface area (Å²) in [6, 6.07) is 6.90. The summed E-state index contributed by atoms with van der Waals surface area (Å²) < 4.78 is 11.0. The van der Waals surface area contributed by atoms with Crippen LogP contribution in [0.15, 0.2) is 36.4 Å². The van der Waals surface area contributed by atoms with E-state index in [4.69, 9.17) is 9.47 Å². The molecule has 2 fully saturated rings. The van der Waals surface area contributed by atoms with E-state index in [1.165, 1.54) is 12.0 Å². The van der Waals surface area contributed by atoms with Gasteiger partial charge in [-0.15, -0.1) is 0 Å². The van der Waals surface area contributed by atoms with E-state index < -0.39 is 23.5 Å². The fourth-order valence-electron chi connectivity index (χ4n) is 3.74. The number of amides is 2. The molecule has 3 aliphatic rings. The lowest BCUT2D eigenvalue weighted by molar-refractivity contribution is -0.128. The summed E-state index contributed by atoms with van der Waals surface area (Å²) in [7, 11) is 1.49. The van der Waals surface area contributed by atoms with Gasteiger partial charge in [-0.25, -0.2) is 4.90 Å². The molecule has 3 heterocycles. The number of imide groups is 1. The maximum atomic E-state index is 12.8. The lowest BCUT2D eigenvalue weighted by Gasteiger charge is -2.26. The molecular weight excluding hydrogens is 286 g/mol. The third-order valence-corrected chi connectivity index (χ3v) is 4.73. The zero-order valence-electron chi connectivity index (χ0n) is 11.9. The van der Waals surface area contributed by atoms with Crippen molar-refractivity contribution in [3.8, 4) is 5.75 Å². The van der Waals surface area contributed by atoms with Crippen LogP contribution in [-0.4, -0.2) is 42.3 Å². The van der Waals surface area contributed by atoms with Crippen molar-refractivity contribution < 1.29 is 24.2 Å². The summed E-state index contributed by atoms with van der Waals surface area (Å²) in [6.45, 7) is -0.319. The van der Waals surface area contributed by atoms with E-state index in [-0.39, 0.29) is 18.4 Å². The number of methoxy groups -OCH3 is 1. The third kappa shape index (κ3) is 1.46. The van der Waals surface area contributed by atoms with E-state index in [1.807, 2.05) is 0 Å². The van der Waals surface area contributed by atoms with Gasteiger partial charge < -0.3 is 14.6 Å². The van der Waals surface area contributed by atoms with Crippen LogP contribution in [0.1, 0.15) is 0 Å². The average Bonchev–Trinajstić information content (AvgIpc) is 3.18. The highest BCUT2D eigenvalue weighted by atomic mass is 16.5. The normalized spacial score (nSPS) is 35.4. The van der Waals surface area contributed by atoms with Crippen LogP contribution >= 0.6 is 0 Å². The molecule has 0 unspecified atom stereocenters. The van der Waals surface area contributed by atoms with E-state index in [0.29, 0.717) is 11.4 Å². The second kappa shape index (κ2) is 4.41. The van der Waals surface area contributed by atoms with Crippen molar-refractivity contribution in [2.75, 3.05) is 18.6 Å². The van der Waals surface area contributed by atoms with Crippen molar-refractivity contribution in [3.05, 3.63) is 36.4 Å². The highest BCUT2D eigenvalue weighted by molar-refractivity contribution is 6.24. The summed E-state index contributed by atoms with van der Waals surface area (Å²) in [6.07, 6.45) is 3.01. The fraction of sp³-hybridized carbons (Fsp3) is 0.375. The Hall–Kier alpha value is -2.18. The van der Waals surface area contributed by atoms with Crippen molar-refractivity contribution in [3.63, 3.8) is 0 Å². The van der Waals surface area contributed by atoms with Crippen LogP contribution in [0.5, 0.6) is 5.75 Å². The lowest BCUT2D eigenvalue weighted by atomic mass is 9.77. The Labute approximate surface area is 126 Å². The number of benzene rings is 1. The van der Waals surface area contributed by atoms with Crippen LogP contribution in [-0.2, 0) is 14.3 Å². The number of rotatable bonds is 3. The molecule has 114 valence electrons. The SMILES string of the molecule is COc1ccccc1N1C(=O)[C@@H]2[C@@H](C1=O)[C@]1(CO)C=C[C@H]2O1. The summed E-state index contributed by atoms with van der Waals surface area (Å²) >= 11 is 0. The average molecular weight is 301 g/mol. The Bertz CT molecular complexity index is 700. The first-order valence-corrected chi connectivity index (χ1v) is 7.12. The van der Waals surface area contributed by atoms with Crippen LogP contribution < -0.4 is 9.64 Å². The molecule has 0 spiro atoms. The molecule has 0 aliphatic carbocycles. The number of carbonyl (C=O) groups excluding carboxylic acids is 2. The van der Waals surface area contributed by atoms with Gasteiger partial charge in [0.2, 0.25) is 11.8 Å². The molecule has 1 aromatic carbocycles. The molecule has 0 saturated carbocycles. The molecule has 2 amide bonds. The number of ether oxygens (including phenoxy) is 2. The van der Waals surface area contributed by atoms with E-state index in [0.717, 1.165) is 0 Å². The predicted molar refractivity (Wildman–Crippen MR) is 76.3 cm³/mol. The number of carbonyl (C=O) groups is 2. The number of aliphatic hydroxyl groups is 1. The molecule has 2 bridgehead atoms. The van der Waals surface area contributed by atoms with Crippen molar-refractivity contribution in [1.29, 1.82) is 0 Å². The quantitative estimate of drug-likeness (QED) is 0.650.